The molecule has 0 unspecified atom stereocenters. The minimum Gasteiger partial charge on any atom is -0.504 e. The van der Waals surface area contributed by atoms with Crippen LogP contribution in [0.3, 0.4) is 0 Å². The molecule has 21 heavy (non-hydrogen) atoms. The van der Waals surface area contributed by atoms with Crippen molar-refractivity contribution in [2.24, 2.45) is 5.41 Å². The number of nitrogens with one attached hydrogen (secondary N) is 1. The van der Waals surface area contributed by atoms with Gasteiger partial charge in [0.15, 0.2) is 11.5 Å². The van der Waals surface area contributed by atoms with Gasteiger partial charge in [0.1, 0.15) is 0 Å². The number of benzene rings is 1. The van der Waals surface area contributed by atoms with Gasteiger partial charge < -0.3 is 15.2 Å². The first-order valence-corrected chi connectivity index (χ1v) is 8.15. The van der Waals surface area contributed by atoms with Gasteiger partial charge in [-0.1, -0.05) is 36.7 Å². The molecule has 2 N–H and O–H groups in total. The zero-order valence-corrected chi connectivity index (χ0v) is 14.8. The third kappa shape index (κ3) is 3.71. The van der Waals surface area contributed by atoms with Gasteiger partial charge in [-0.15, -0.1) is 0 Å². The van der Waals surface area contributed by atoms with Crippen LogP contribution in [0.25, 0.3) is 0 Å². The maximum Gasteiger partial charge on any atom is 0.162 e. The van der Waals surface area contributed by atoms with Gasteiger partial charge in [0.2, 0.25) is 0 Å². The van der Waals surface area contributed by atoms with Crippen molar-refractivity contribution in [3.05, 3.63) is 22.2 Å². The molecule has 0 radical (unpaired) electrons. The van der Waals surface area contributed by atoms with Crippen molar-refractivity contribution in [1.29, 1.82) is 0 Å². The van der Waals surface area contributed by atoms with E-state index >= 15 is 0 Å². The first-order chi connectivity index (χ1) is 9.84. The molecular weight excluding hydrogens is 332 g/mol. The summed E-state index contributed by atoms with van der Waals surface area (Å²) in [5, 5.41) is 14.0. The number of hydrogen-bond donors (Lipinski definition) is 2. The molecule has 1 aliphatic rings. The standard InChI is InChI=1S/C16H25BrN2O2/c1-16(2,3)15(19-7-5-18-6-8-19)12-9-11(17)10-13(21-4)14(12)20/h9-10,15,18,20H,5-8H2,1-4H3/t15-/m1/s1. The number of phenolic OH excluding ortho intramolecular Hbond substituents is 1. The maximum atomic E-state index is 10.6. The van der Waals surface area contributed by atoms with Crippen LogP contribution < -0.4 is 10.1 Å². The van der Waals surface area contributed by atoms with E-state index in [9.17, 15) is 5.11 Å². The molecule has 0 saturated carbocycles. The number of phenols is 1. The van der Waals surface area contributed by atoms with Crippen LogP contribution in [0.2, 0.25) is 0 Å². The lowest BCUT2D eigenvalue weighted by atomic mass is 9.80. The van der Waals surface area contributed by atoms with Crippen LogP contribution in [0.1, 0.15) is 32.4 Å². The highest BCUT2D eigenvalue weighted by atomic mass is 79.9. The molecule has 0 amide bonds. The number of rotatable bonds is 3. The molecule has 1 aromatic rings. The molecule has 1 atom stereocenters. The fourth-order valence-corrected chi connectivity index (χ4v) is 3.56. The van der Waals surface area contributed by atoms with Crippen LogP contribution in [0.4, 0.5) is 0 Å². The lowest BCUT2D eigenvalue weighted by Gasteiger charge is -2.43. The predicted octanol–water partition coefficient (Wildman–Crippen LogP) is 3.16. The number of aromatic hydroxyl groups is 1. The molecule has 1 fully saturated rings. The highest BCUT2D eigenvalue weighted by Gasteiger charge is 2.35. The van der Waals surface area contributed by atoms with Gasteiger partial charge in [0.25, 0.3) is 0 Å². The van der Waals surface area contributed by atoms with Crippen molar-refractivity contribution in [2.45, 2.75) is 26.8 Å². The van der Waals surface area contributed by atoms with Crippen molar-refractivity contribution in [2.75, 3.05) is 33.3 Å². The van der Waals surface area contributed by atoms with Gasteiger partial charge in [0, 0.05) is 42.3 Å². The Labute approximate surface area is 135 Å². The first kappa shape index (κ1) is 16.6. The summed E-state index contributed by atoms with van der Waals surface area (Å²) in [5.74, 6) is 0.767. The van der Waals surface area contributed by atoms with Crippen molar-refractivity contribution in [3.8, 4) is 11.5 Å². The summed E-state index contributed by atoms with van der Waals surface area (Å²) in [6.07, 6.45) is 0. The number of piperazine rings is 1. The highest BCUT2D eigenvalue weighted by molar-refractivity contribution is 9.10. The lowest BCUT2D eigenvalue weighted by Crippen LogP contribution is -2.48. The number of hydrogen-bond acceptors (Lipinski definition) is 4. The smallest absolute Gasteiger partial charge is 0.162 e. The average Bonchev–Trinajstić information content (AvgIpc) is 2.42. The van der Waals surface area contributed by atoms with E-state index in [4.69, 9.17) is 4.74 Å². The second kappa shape index (κ2) is 6.55. The Morgan fingerprint density at radius 3 is 2.43 bits per heavy atom. The number of nitrogens with zero attached hydrogens (tertiary/aromatic N) is 1. The Bertz CT molecular complexity index is 494. The minimum atomic E-state index is 0.0145. The summed E-state index contributed by atoms with van der Waals surface area (Å²) in [6.45, 7) is 10.6. The first-order valence-electron chi connectivity index (χ1n) is 7.35. The lowest BCUT2D eigenvalue weighted by molar-refractivity contribution is 0.0839. The van der Waals surface area contributed by atoms with Crippen LogP contribution in [0.15, 0.2) is 16.6 Å². The zero-order valence-electron chi connectivity index (χ0n) is 13.2. The maximum absolute atomic E-state index is 10.6. The zero-order chi connectivity index (χ0) is 15.6. The highest BCUT2D eigenvalue weighted by Crippen LogP contribution is 2.46. The molecule has 1 saturated heterocycles. The molecule has 1 heterocycles. The van der Waals surface area contributed by atoms with Gasteiger partial charge in [0.05, 0.1) is 7.11 Å². The molecule has 4 nitrogen and oxygen atoms in total. The Hall–Kier alpha value is -0.780. The average molecular weight is 357 g/mol. The number of methoxy groups -OCH3 is 1. The van der Waals surface area contributed by atoms with E-state index in [0.29, 0.717) is 5.75 Å². The molecule has 5 heteroatoms. The van der Waals surface area contributed by atoms with Gasteiger partial charge in [-0.05, 0) is 17.5 Å². The third-order valence-electron chi connectivity index (χ3n) is 3.92. The Morgan fingerprint density at radius 2 is 1.90 bits per heavy atom. The fraction of sp³-hybridized carbons (Fsp3) is 0.625. The molecular formula is C16H25BrN2O2. The normalized spacial score (nSPS) is 18.5. The second-order valence-corrected chi connectivity index (χ2v) is 7.52. The van der Waals surface area contributed by atoms with E-state index in [1.807, 2.05) is 6.07 Å². The Morgan fingerprint density at radius 1 is 1.29 bits per heavy atom. The molecule has 0 bridgehead atoms. The van der Waals surface area contributed by atoms with Crippen molar-refractivity contribution >= 4 is 15.9 Å². The molecule has 118 valence electrons. The van der Waals surface area contributed by atoms with E-state index in [0.717, 1.165) is 36.2 Å². The predicted molar refractivity (Wildman–Crippen MR) is 89.0 cm³/mol. The third-order valence-corrected chi connectivity index (χ3v) is 4.38. The van der Waals surface area contributed by atoms with Gasteiger partial charge in [-0.3, -0.25) is 4.90 Å². The van der Waals surface area contributed by atoms with Gasteiger partial charge >= 0.3 is 0 Å². The van der Waals surface area contributed by atoms with Crippen molar-refractivity contribution < 1.29 is 9.84 Å². The van der Waals surface area contributed by atoms with Gasteiger partial charge in [-0.25, -0.2) is 0 Å². The molecule has 1 aliphatic heterocycles. The number of halogens is 1. The molecule has 0 aromatic heterocycles. The number of ether oxygens (including phenoxy) is 1. The minimum absolute atomic E-state index is 0.0145. The topological polar surface area (TPSA) is 44.7 Å². The van der Waals surface area contributed by atoms with Gasteiger partial charge in [-0.2, -0.15) is 0 Å². The molecule has 1 aromatic carbocycles. The van der Waals surface area contributed by atoms with Crippen LogP contribution >= 0.6 is 15.9 Å². The van der Waals surface area contributed by atoms with E-state index in [1.165, 1.54) is 0 Å². The van der Waals surface area contributed by atoms with E-state index in [2.05, 4.69) is 46.9 Å². The molecule has 0 spiro atoms. The summed E-state index contributed by atoms with van der Waals surface area (Å²) in [4.78, 5) is 2.44. The van der Waals surface area contributed by atoms with Crippen molar-refractivity contribution in [1.82, 2.24) is 10.2 Å². The van der Waals surface area contributed by atoms with E-state index in [1.54, 1.807) is 13.2 Å². The quantitative estimate of drug-likeness (QED) is 0.872. The van der Waals surface area contributed by atoms with Crippen LogP contribution in [0, 0.1) is 5.41 Å². The molecule has 0 aliphatic carbocycles. The largest absolute Gasteiger partial charge is 0.504 e. The second-order valence-electron chi connectivity index (χ2n) is 6.60. The monoisotopic (exact) mass is 356 g/mol. The summed E-state index contributed by atoms with van der Waals surface area (Å²) in [6, 6.07) is 3.96. The SMILES string of the molecule is COc1cc(Br)cc([C@@H](N2CCNCC2)C(C)(C)C)c1O. The van der Waals surface area contributed by atoms with Crippen LogP contribution in [-0.4, -0.2) is 43.3 Å². The Balaban J connectivity index is 2.48. The van der Waals surface area contributed by atoms with Crippen LogP contribution in [0.5, 0.6) is 11.5 Å². The summed E-state index contributed by atoms with van der Waals surface area (Å²) in [7, 11) is 1.59. The fourth-order valence-electron chi connectivity index (χ4n) is 3.11. The van der Waals surface area contributed by atoms with E-state index in [-0.39, 0.29) is 17.2 Å². The molecule has 2 rings (SSSR count). The van der Waals surface area contributed by atoms with Crippen LogP contribution in [-0.2, 0) is 0 Å². The summed E-state index contributed by atoms with van der Waals surface area (Å²) in [5.41, 5.74) is 0.941. The van der Waals surface area contributed by atoms with Crippen molar-refractivity contribution in [3.63, 3.8) is 0 Å². The Kier molecular flexibility index (Phi) is 5.17. The summed E-state index contributed by atoms with van der Waals surface area (Å²) >= 11 is 3.53. The van der Waals surface area contributed by atoms with E-state index < -0.39 is 0 Å². The summed E-state index contributed by atoms with van der Waals surface area (Å²) < 4.78 is 6.23.